The van der Waals surface area contributed by atoms with Crippen molar-refractivity contribution in [2.24, 2.45) is 0 Å². The van der Waals surface area contributed by atoms with E-state index in [1.54, 1.807) is 24.3 Å². The molecule has 0 radical (unpaired) electrons. The average molecular weight is 435 g/mol. The zero-order valence-electron chi connectivity index (χ0n) is 16.7. The summed E-state index contributed by atoms with van der Waals surface area (Å²) in [4.78, 5) is 29.8. The second-order valence-electron chi connectivity index (χ2n) is 6.92. The molecule has 0 spiro atoms. The van der Waals surface area contributed by atoms with E-state index >= 15 is 0 Å². The van der Waals surface area contributed by atoms with Crippen LogP contribution in [0.4, 0.5) is 0 Å². The quantitative estimate of drug-likeness (QED) is 0.435. The number of fused-ring (bicyclic) bond motifs is 1. The van der Waals surface area contributed by atoms with Gasteiger partial charge in [0.05, 0.1) is 29.6 Å². The second-order valence-corrected chi connectivity index (χ2v) is 7.36. The van der Waals surface area contributed by atoms with Gasteiger partial charge in [-0.25, -0.2) is 9.78 Å². The fourth-order valence-corrected chi connectivity index (χ4v) is 3.53. The van der Waals surface area contributed by atoms with E-state index in [1.165, 1.54) is 6.26 Å². The summed E-state index contributed by atoms with van der Waals surface area (Å²) < 4.78 is 10.5. The van der Waals surface area contributed by atoms with Crippen LogP contribution >= 0.6 is 11.6 Å². The summed E-state index contributed by atoms with van der Waals surface area (Å²) in [6.45, 7) is 1.63. The normalized spacial score (nSPS) is 10.8. The SMILES string of the molecule is Cc1c(-c2cccc(Cl)c2)nc2ccccc2c1C(=O)OCC(=O)NCc1ccco1. The molecule has 31 heavy (non-hydrogen) atoms. The summed E-state index contributed by atoms with van der Waals surface area (Å²) in [5.41, 5.74) is 3.11. The highest BCUT2D eigenvalue weighted by molar-refractivity contribution is 6.30. The summed E-state index contributed by atoms with van der Waals surface area (Å²) in [6.07, 6.45) is 1.52. The van der Waals surface area contributed by atoms with Crippen LogP contribution in [-0.2, 0) is 16.1 Å². The van der Waals surface area contributed by atoms with Crippen molar-refractivity contribution in [2.45, 2.75) is 13.5 Å². The first-order valence-corrected chi connectivity index (χ1v) is 10.0. The minimum absolute atomic E-state index is 0.222. The maximum absolute atomic E-state index is 13.0. The Bertz CT molecular complexity index is 1250. The maximum Gasteiger partial charge on any atom is 0.339 e. The van der Waals surface area contributed by atoms with E-state index in [4.69, 9.17) is 25.7 Å². The van der Waals surface area contributed by atoms with Gasteiger partial charge in [0.15, 0.2) is 6.61 Å². The van der Waals surface area contributed by atoms with Gasteiger partial charge in [-0.3, -0.25) is 4.79 Å². The monoisotopic (exact) mass is 434 g/mol. The number of nitrogens with zero attached hydrogens (tertiary/aromatic N) is 1. The van der Waals surface area contributed by atoms with E-state index in [9.17, 15) is 9.59 Å². The Hall–Kier alpha value is -3.64. The average Bonchev–Trinajstić information content (AvgIpc) is 3.29. The number of halogens is 1. The maximum atomic E-state index is 13.0. The first-order valence-electron chi connectivity index (χ1n) is 9.64. The highest BCUT2D eigenvalue weighted by Crippen LogP contribution is 2.31. The molecule has 0 unspecified atom stereocenters. The van der Waals surface area contributed by atoms with E-state index < -0.39 is 18.5 Å². The molecule has 2 aromatic heterocycles. The van der Waals surface area contributed by atoms with E-state index in [1.807, 2.05) is 43.3 Å². The molecule has 1 amide bonds. The smallest absolute Gasteiger partial charge is 0.339 e. The third-order valence-electron chi connectivity index (χ3n) is 4.81. The summed E-state index contributed by atoms with van der Waals surface area (Å²) >= 11 is 6.15. The molecule has 0 aliphatic carbocycles. The molecule has 0 saturated heterocycles. The predicted octanol–water partition coefficient (Wildman–Crippen LogP) is 4.93. The van der Waals surface area contributed by atoms with Crippen molar-refractivity contribution in [2.75, 3.05) is 6.61 Å². The van der Waals surface area contributed by atoms with Gasteiger partial charge >= 0.3 is 5.97 Å². The van der Waals surface area contributed by atoms with Gasteiger partial charge in [0, 0.05) is 16.0 Å². The van der Waals surface area contributed by atoms with E-state index in [2.05, 4.69) is 5.32 Å². The predicted molar refractivity (Wildman–Crippen MR) is 118 cm³/mol. The Morgan fingerprint density at radius 2 is 1.94 bits per heavy atom. The number of furan rings is 1. The highest BCUT2D eigenvalue weighted by Gasteiger charge is 2.21. The number of nitrogens with one attached hydrogen (secondary N) is 1. The van der Waals surface area contributed by atoms with Gasteiger partial charge in [0.25, 0.3) is 5.91 Å². The Morgan fingerprint density at radius 1 is 1.10 bits per heavy atom. The number of pyridine rings is 1. The van der Waals surface area contributed by atoms with E-state index in [0.717, 1.165) is 5.56 Å². The van der Waals surface area contributed by atoms with Crippen LogP contribution in [0.1, 0.15) is 21.7 Å². The zero-order valence-corrected chi connectivity index (χ0v) is 17.5. The summed E-state index contributed by atoms with van der Waals surface area (Å²) in [7, 11) is 0. The fourth-order valence-electron chi connectivity index (χ4n) is 3.34. The van der Waals surface area contributed by atoms with E-state index in [-0.39, 0.29) is 6.54 Å². The minimum atomic E-state index is -0.590. The number of rotatable bonds is 6. The minimum Gasteiger partial charge on any atom is -0.467 e. The molecule has 2 heterocycles. The lowest BCUT2D eigenvalue weighted by molar-refractivity contribution is -0.124. The molecular formula is C24H19ClN2O4. The van der Waals surface area contributed by atoms with Crippen LogP contribution in [0.25, 0.3) is 22.2 Å². The van der Waals surface area contributed by atoms with Crippen LogP contribution in [-0.4, -0.2) is 23.5 Å². The van der Waals surface area contributed by atoms with Crippen molar-refractivity contribution < 1.29 is 18.7 Å². The number of ether oxygens (including phenoxy) is 1. The number of aromatic nitrogens is 1. The third-order valence-corrected chi connectivity index (χ3v) is 5.05. The van der Waals surface area contributed by atoms with Crippen LogP contribution in [0.2, 0.25) is 5.02 Å². The van der Waals surface area contributed by atoms with Gasteiger partial charge in [-0.1, -0.05) is 41.9 Å². The highest BCUT2D eigenvalue weighted by atomic mass is 35.5. The molecule has 0 atom stereocenters. The Labute approximate surface area is 183 Å². The second kappa shape index (κ2) is 9.02. The van der Waals surface area contributed by atoms with E-state index in [0.29, 0.717) is 38.5 Å². The van der Waals surface area contributed by atoms with Crippen LogP contribution in [0, 0.1) is 6.92 Å². The number of esters is 1. The summed E-state index contributed by atoms with van der Waals surface area (Å²) in [5.74, 6) is -0.398. The number of hydrogen-bond acceptors (Lipinski definition) is 5. The van der Waals surface area contributed by atoms with Gasteiger partial charge in [-0.05, 0) is 42.8 Å². The lowest BCUT2D eigenvalue weighted by Gasteiger charge is -2.14. The lowest BCUT2D eigenvalue weighted by Crippen LogP contribution is -2.28. The van der Waals surface area contributed by atoms with Gasteiger partial charge < -0.3 is 14.5 Å². The van der Waals surface area contributed by atoms with Crippen molar-refractivity contribution in [3.63, 3.8) is 0 Å². The molecule has 4 aromatic rings. The standard InChI is InChI=1S/C24H19ClN2O4/c1-15-22(24(29)31-14-21(28)26-13-18-8-5-11-30-18)19-9-2-3-10-20(19)27-23(15)16-6-4-7-17(25)12-16/h2-12H,13-14H2,1H3,(H,26,28). The molecule has 6 nitrogen and oxygen atoms in total. The van der Waals surface area contributed by atoms with Crippen molar-refractivity contribution in [3.8, 4) is 11.3 Å². The number of amides is 1. The summed E-state index contributed by atoms with van der Waals surface area (Å²) in [6, 6.07) is 18.1. The topological polar surface area (TPSA) is 81.4 Å². The first kappa shape index (κ1) is 20.6. The molecule has 4 rings (SSSR count). The van der Waals surface area contributed by atoms with Crippen LogP contribution in [0.5, 0.6) is 0 Å². The van der Waals surface area contributed by atoms with Crippen LogP contribution < -0.4 is 5.32 Å². The molecule has 0 aliphatic heterocycles. The molecule has 0 saturated carbocycles. The Kier molecular flexibility index (Phi) is 6.00. The number of benzene rings is 2. The molecular weight excluding hydrogens is 416 g/mol. The lowest BCUT2D eigenvalue weighted by atomic mass is 9.98. The molecule has 156 valence electrons. The number of carbonyl (C=O) groups excluding carboxylic acids is 2. The first-order chi connectivity index (χ1) is 15.0. The van der Waals surface area contributed by atoms with Crippen molar-refractivity contribution in [3.05, 3.63) is 88.8 Å². The van der Waals surface area contributed by atoms with Crippen molar-refractivity contribution in [1.29, 1.82) is 0 Å². The van der Waals surface area contributed by atoms with Gasteiger partial charge in [0.1, 0.15) is 5.76 Å². The molecule has 0 aliphatic rings. The Balaban J connectivity index is 1.60. The van der Waals surface area contributed by atoms with Gasteiger partial charge in [-0.2, -0.15) is 0 Å². The van der Waals surface area contributed by atoms with Crippen molar-refractivity contribution >= 4 is 34.4 Å². The molecule has 7 heteroatoms. The van der Waals surface area contributed by atoms with Gasteiger partial charge in [-0.15, -0.1) is 0 Å². The number of para-hydroxylation sites is 1. The van der Waals surface area contributed by atoms with Crippen molar-refractivity contribution in [1.82, 2.24) is 10.3 Å². The van der Waals surface area contributed by atoms with Gasteiger partial charge in [0.2, 0.25) is 0 Å². The number of carbonyl (C=O) groups is 2. The summed E-state index contributed by atoms with van der Waals surface area (Å²) in [5, 5.41) is 3.88. The zero-order chi connectivity index (χ0) is 21.8. The molecule has 0 bridgehead atoms. The molecule has 2 aromatic carbocycles. The molecule has 0 fully saturated rings. The van der Waals surface area contributed by atoms with Crippen LogP contribution in [0.15, 0.2) is 71.3 Å². The fraction of sp³-hybridized carbons (Fsp3) is 0.125. The number of hydrogen-bond donors (Lipinski definition) is 1. The largest absolute Gasteiger partial charge is 0.467 e. The van der Waals surface area contributed by atoms with Crippen LogP contribution in [0.3, 0.4) is 0 Å². The Morgan fingerprint density at radius 3 is 2.71 bits per heavy atom. The third kappa shape index (κ3) is 4.59. The molecule has 1 N–H and O–H groups in total.